The molecule has 0 spiro atoms. The molecule has 1 heterocycles. The van der Waals surface area contributed by atoms with Gasteiger partial charge in [-0.15, -0.1) is 0 Å². The zero-order valence-corrected chi connectivity index (χ0v) is 11.2. The molecule has 0 aromatic heterocycles. The van der Waals surface area contributed by atoms with E-state index in [1.165, 1.54) is 4.31 Å². The van der Waals surface area contributed by atoms with E-state index in [9.17, 15) is 13.2 Å². The molecule has 0 aliphatic carbocycles. The topological polar surface area (TPSA) is 54.5 Å². The Morgan fingerprint density at radius 1 is 1.11 bits per heavy atom. The van der Waals surface area contributed by atoms with Crippen LogP contribution in [0.4, 0.5) is 0 Å². The predicted molar refractivity (Wildman–Crippen MR) is 68.8 cm³/mol. The molecule has 0 unspecified atom stereocenters. The summed E-state index contributed by atoms with van der Waals surface area (Å²) in [4.78, 5) is 11.4. The van der Waals surface area contributed by atoms with Gasteiger partial charge in [0.25, 0.3) is 0 Å². The summed E-state index contributed by atoms with van der Waals surface area (Å²) in [5.74, 6) is 0.141. The molecule has 1 aromatic rings. The molecule has 1 fully saturated rings. The van der Waals surface area contributed by atoms with Crippen LogP contribution >= 0.6 is 0 Å². The van der Waals surface area contributed by atoms with Crippen molar-refractivity contribution in [2.45, 2.75) is 31.1 Å². The second-order valence-corrected chi connectivity index (χ2v) is 6.38. The SMILES string of the molecule is CCc1ccc(S(=O)(=O)N2CCC(=O)CC2)cc1. The van der Waals surface area contributed by atoms with Crippen LogP contribution in [0.5, 0.6) is 0 Å². The maximum absolute atomic E-state index is 12.3. The average Bonchev–Trinajstić information content (AvgIpc) is 2.39. The van der Waals surface area contributed by atoms with Crippen molar-refractivity contribution in [2.75, 3.05) is 13.1 Å². The minimum absolute atomic E-state index is 0.141. The van der Waals surface area contributed by atoms with Crippen molar-refractivity contribution in [3.8, 4) is 0 Å². The number of nitrogens with zero attached hydrogens (tertiary/aromatic N) is 1. The van der Waals surface area contributed by atoms with Crippen LogP contribution in [0.1, 0.15) is 25.3 Å². The van der Waals surface area contributed by atoms with E-state index in [1.807, 2.05) is 19.1 Å². The van der Waals surface area contributed by atoms with Crippen molar-refractivity contribution in [3.63, 3.8) is 0 Å². The summed E-state index contributed by atoms with van der Waals surface area (Å²) < 4.78 is 26.0. The maximum Gasteiger partial charge on any atom is 0.243 e. The first-order valence-electron chi connectivity index (χ1n) is 6.15. The molecule has 0 amide bonds. The van der Waals surface area contributed by atoms with Gasteiger partial charge in [-0.25, -0.2) is 8.42 Å². The molecule has 0 bridgehead atoms. The van der Waals surface area contributed by atoms with E-state index in [0.29, 0.717) is 30.8 Å². The van der Waals surface area contributed by atoms with Gasteiger partial charge in [-0.3, -0.25) is 4.79 Å². The molecule has 1 aromatic carbocycles. The van der Waals surface area contributed by atoms with E-state index in [2.05, 4.69) is 0 Å². The summed E-state index contributed by atoms with van der Waals surface area (Å²) in [6, 6.07) is 6.96. The van der Waals surface area contributed by atoms with Gasteiger partial charge in [0.1, 0.15) is 5.78 Å². The Hall–Kier alpha value is -1.20. The predicted octanol–water partition coefficient (Wildman–Crippen LogP) is 1.60. The normalized spacial score (nSPS) is 17.9. The Kier molecular flexibility index (Phi) is 3.82. The molecule has 1 saturated heterocycles. The first kappa shape index (κ1) is 13.2. The molecule has 0 N–H and O–H groups in total. The van der Waals surface area contributed by atoms with E-state index in [4.69, 9.17) is 0 Å². The maximum atomic E-state index is 12.3. The third-order valence-corrected chi connectivity index (χ3v) is 5.16. The van der Waals surface area contributed by atoms with Gasteiger partial charge in [0.15, 0.2) is 0 Å². The van der Waals surface area contributed by atoms with Crippen molar-refractivity contribution in [1.29, 1.82) is 0 Å². The Morgan fingerprint density at radius 2 is 1.67 bits per heavy atom. The molecule has 4 nitrogen and oxygen atoms in total. The summed E-state index contributed by atoms with van der Waals surface area (Å²) in [6.45, 7) is 2.63. The molecule has 1 aliphatic heterocycles. The Balaban J connectivity index is 2.21. The average molecular weight is 267 g/mol. The monoisotopic (exact) mass is 267 g/mol. The minimum atomic E-state index is -3.43. The van der Waals surface area contributed by atoms with Crippen LogP contribution in [0.25, 0.3) is 0 Å². The molecular weight excluding hydrogens is 250 g/mol. The second kappa shape index (κ2) is 5.20. The lowest BCUT2D eigenvalue weighted by atomic mass is 10.1. The van der Waals surface area contributed by atoms with E-state index in [0.717, 1.165) is 12.0 Å². The van der Waals surface area contributed by atoms with Gasteiger partial charge in [0.05, 0.1) is 4.90 Å². The van der Waals surface area contributed by atoms with Gasteiger partial charge in [0.2, 0.25) is 10.0 Å². The number of hydrogen-bond acceptors (Lipinski definition) is 3. The van der Waals surface area contributed by atoms with Crippen molar-refractivity contribution in [1.82, 2.24) is 4.31 Å². The Morgan fingerprint density at radius 3 is 2.17 bits per heavy atom. The van der Waals surface area contributed by atoms with E-state index in [-0.39, 0.29) is 5.78 Å². The molecule has 18 heavy (non-hydrogen) atoms. The van der Waals surface area contributed by atoms with Crippen LogP contribution < -0.4 is 0 Å². The lowest BCUT2D eigenvalue weighted by Crippen LogP contribution is -2.38. The highest BCUT2D eigenvalue weighted by atomic mass is 32.2. The van der Waals surface area contributed by atoms with Gasteiger partial charge in [-0.2, -0.15) is 4.31 Å². The fraction of sp³-hybridized carbons (Fsp3) is 0.462. The number of aryl methyl sites for hydroxylation is 1. The third-order valence-electron chi connectivity index (χ3n) is 3.25. The van der Waals surface area contributed by atoms with Gasteiger partial charge in [-0.05, 0) is 24.1 Å². The molecule has 0 saturated carbocycles. The summed E-state index contributed by atoms with van der Waals surface area (Å²) in [5, 5.41) is 0. The molecule has 2 rings (SSSR count). The van der Waals surface area contributed by atoms with Crippen LogP contribution in [-0.4, -0.2) is 31.6 Å². The van der Waals surface area contributed by atoms with Crippen molar-refractivity contribution in [3.05, 3.63) is 29.8 Å². The van der Waals surface area contributed by atoms with E-state index in [1.54, 1.807) is 12.1 Å². The van der Waals surface area contributed by atoms with E-state index >= 15 is 0 Å². The highest BCUT2D eigenvalue weighted by Crippen LogP contribution is 2.19. The number of carbonyl (C=O) groups is 1. The minimum Gasteiger partial charge on any atom is -0.300 e. The first-order chi connectivity index (χ1) is 8.54. The summed E-state index contributed by atoms with van der Waals surface area (Å²) in [5.41, 5.74) is 1.11. The van der Waals surface area contributed by atoms with Gasteiger partial charge in [-0.1, -0.05) is 19.1 Å². The van der Waals surface area contributed by atoms with Crippen molar-refractivity contribution in [2.24, 2.45) is 0 Å². The van der Waals surface area contributed by atoms with E-state index < -0.39 is 10.0 Å². The van der Waals surface area contributed by atoms with Crippen molar-refractivity contribution >= 4 is 15.8 Å². The third kappa shape index (κ3) is 2.62. The van der Waals surface area contributed by atoms with Crippen LogP contribution in [0.15, 0.2) is 29.2 Å². The number of Topliss-reactive ketones (excluding diaryl/α,β-unsaturated/α-hetero) is 1. The number of hydrogen-bond donors (Lipinski definition) is 0. The first-order valence-corrected chi connectivity index (χ1v) is 7.59. The molecule has 0 atom stereocenters. The lowest BCUT2D eigenvalue weighted by molar-refractivity contribution is -0.120. The number of rotatable bonds is 3. The van der Waals surface area contributed by atoms with Crippen LogP contribution in [-0.2, 0) is 21.2 Å². The summed E-state index contributed by atoms with van der Waals surface area (Å²) in [7, 11) is -3.43. The Bertz CT molecular complexity index is 524. The number of carbonyl (C=O) groups excluding carboxylic acids is 1. The zero-order valence-electron chi connectivity index (χ0n) is 10.4. The highest BCUT2D eigenvalue weighted by molar-refractivity contribution is 7.89. The molecule has 1 aliphatic rings. The van der Waals surface area contributed by atoms with Gasteiger partial charge < -0.3 is 0 Å². The number of piperidine rings is 1. The summed E-state index contributed by atoms with van der Waals surface area (Å²) in [6.07, 6.45) is 1.54. The molecule has 98 valence electrons. The van der Waals surface area contributed by atoms with Crippen LogP contribution in [0.2, 0.25) is 0 Å². The highest BCUT2D eigenvalue weighted by Gasteiger charge is 2.28. The number of sulfonamides is 1. The quantitative estimate of drug-likeness (QED) is 0.836. The van der Waals surface area contributed by atoms with Crippen LogP contribution in [0, 0.1) is 0 Å². The molecule has 5 heteroatoms. The zero-order chi connectivity index (χ0) is 13.2. The molecule has 0 radical (unpaired) electrons. The van der Waals surface area contributed by atoms with Crippen molar-refractivity contribution < 1.29 is 13.2 Å². The number of benzene rings is 1. The van der Waals surface area contributed by atoms with Gasteiger partial charge >= 0.3 is 0 Å². The largest absolute Gasteiger partial charge is 0.300 e. The van der Waals surface area contributed by atoms with Gasteiger partial charge in [0, 0.05) is 25.9 Å². The number of ketones is 1. The fourth-order valence-corrected chi connectivity index (χ4v) is 3.46. The standard InChI is InChI=1S/C13H17NO3S/c1-2-11-3-5-13(6-4-11)18(16,17)14-9-7-12(15)8-10-14/h3-6H,2,7-10H2,1H3. The Labute approximate surface area is 108 Å². The smallest absolute Gasteiger partial charge is 0.243 e. The summed E-state index contributed by atoms with van der Waals surface area (Å²) >= 11 is 0. The fourth-order valence-electron chi connectivity index (χ4n) is 2.02. The lowest BCUT2D eigenvalue weighted by Gasteiger charge is -2.25. The molecular formula is C13H17NO3S. The second-order valence-electron chi connectivity index (χ2n) is 4.44. The van der Waals surface area contributed by atoms with Crippen LogP contribution in [0.3, 0.4) is 0 Å².